The summed E-state index contributed by atoms with van der Waals surface area (Å²) < 4.78 is 0. The number of anilines is 4. The summed E-state index contributed by atoms with van der Waals surface area (Å²) in [4.78, 5) is 19.5. The number of thiocarbonyl (C=S) groups is 1. The molecule has 2 N–H and O–H groups in total. The predicted molar refractivity (Wildman–Crippen MR) is 139 cm³/mol. The maximum Gasteiger partial charge on any atom is 0.227 e. The number of piperazine rings is 1. The Morgan fingerprint density at radius 2 is 2.09 bits per heavy atom. The molecule has 7 nitrogen and oxygen atoms in total. The lowest BCUT2D eigenvalue weighted by Crippen LogP contribution is -2.51. The van der Waals surface area contributed by atoms with Crippen LogP contribution in [0.1, 0.15) is 19.4 Å². The highest BCUT2D eigenvalue weighted by Gasteiger charge is 2.23. The second kappa shape index (κ2) is 9.21. The summed E-state index contributed by atoms with van der Waals surface area (Å²) in [6.07, 6.45) is 6.14. The van der Waals surface area contributed by atoms with Gasteiger partial charge in [0, 0.05) is 60.1 Å². The number of likely N-dealkylation sites (N-methyl/N-ethyl adjacent to an activating group) is 1. The van der Waals surface area contributed by atoms with E-state index in [1.165, 1.54) is 0 Å². The van der Waals surface area contributed by atoms with Crippen molar-refractivity contribution in [2.45, 2.75) is 26.3 Å². The molecule has 1 atom stereocenters. The van der Waals surface area contributed by atoms with Crippen LogP contribution in [0, 0.1) is 0 Å². The number of fused-ring (bicyclic) bond motifs is 3. The van der Waals surface area contributed by atoms with Crippen LogP contribution in [0.5, 0.6) is 0 Å². The average Bonchev–Trinajstić information content (AvgIpc) is 2.93. The molecule has 3 aromatic rings. The summed E-state index contributed by atoms with van der Waals surface area (Å²) in [6, 6.07) is 8.33. The Balaban J connectivity index is 1.41. The van der Waals surface area contributed by atoms with Crippen molar-refractivity contribution in [2.24, 2.45) is 0 Å². The zero-order valence-corrected chi connectivity index (χ0v) is 20.2. The first-order chi connectivity index (χ1) is 16.0. The fourth-order valence-electron chi connectivity index (χ4n) is 4.52. The fourth-order valence-corrected chi connectivity index (χ4v) is 4.96. The van der Waals surface area contributed by atoms with E-state index in [9.17, 15) is 0 Å². The minimum absolute atomic E-state index is 0.515. The molecule has 2 aromatic heterocycles. The first kappa shape index (κ1) is 22.0. The van der Waals surface area contributed by atoms with Crippen molar-refractivity contribution in [3.05, 3.63) is 53.4 Å². The Morgan fingerprint density at radius 3 is 2.91 bits per heavy atom. The Hall–Kier alpha value is -2.81. The molecule has 33 heavy (non-hydrogen) atoms. The smallest absolute Gasteiger partial charge is 0.227 e. The molecule has 1 fully saturated rings. The van der Waals surface area contributed by atoms with Gasteiger partial charge in [-0.05, 0) is 37.7 Å². The van der Waals surface area contributed by atoms with Crippen LogP contribution in [0.2, 0.25) is 5.02 Å². The highest BCUT2D eigenvalue weighted by molar-refractivity contribution is 7.80. The van der Waals surface area contributed by atoms with Gasteiger partial charge in [-0.1, -0.05) is 30.7 Å². The molecule has 0 spiro atoms. The van der Waals surface area contributed by atoms with E-state index in [1.54, 1.807) is 6.20 Å². The van der Waals surface area contributed by atoms with E-state index in [2.05, 4.69) is 50.3 Å². The SMILES string of the molecule is CCN1CCN(c2cncc(Nc3ncc4c(n3)-c3ccc(Cl)cc3NC(=S)C4)c2)C[C@H]1C. The highest BCUT2D eigenvalue weighted by Crippen LogP contribution is 2.35. The van der Waals surface area contributed by atoms with Crippen LogP contribution in [0.25, 0.3) is 11.3 Å². The van der Waals surface area contributed by atoms with Gasteiger partial charge in [0.25, 0.3) is 0 Å². The van der Waals surface area contributed by atoms with Crippen molar-refractivity contribution in [1.29, 1.82) is 0 Å². The monoisotopic (exact) mass is 479 g/mol. The second-order valence-electron chi connectivity index (χ2n) is 8.46. The van der Waals surface area contributed by atoms with Gasteiger partial charge in [-0.2, -0.15) is 0 Å². The summed E-state index contributed by atoms with van der Waals surface area (Å²) in [5.41, 5.74) is 5.60. The molecular formula is C24H26ClN7S. The number of nitrogens with one attached hydrogen (secondary N) is 2. The Kier molecular flexibility index (Phi) is 6.14. The highest BCUT2D eigenvalue weighted by atomic mass is 35.5. The van der Waals surface area contributed by atoms with Crippen LogP contribution < -0.4 is 15.5 Å². The van der Waals surface area contributed by atoms with Gasteiger partial charge in [-0.15, -0.1) is 0 Å². The van der Waals surface area contributed by atoms with Crippen molar-refractivity contribution in [2.75, 3.05) is 41.7 Å². The minimum Gasteiger partial charge on any atom is -0.367 e. The number of hydrogen-bond donors (Lipinski definition) is 2. The fraction of sp³-hybridized carbons (Fsp3) is 0.333. The molecule has 1 saturated heterocycles. The number of hydrogen-bond acceptors (Lipinski definition) is 7. The van der Waals surface area contributed by atoms with E-state index in [4.69, 9.17) is 28.8 Å². The molecule has 0 saturated carbocycles. The summed E-state index contributed by atoms with van der Waals surface area (Å²) >= 11 is 11.7. The number of aromatic nitrogens is 3. The lowest BCUT2D eigenvalue weighted by molar-refractivity contribution is 0.199. The lowest BCUT2D eigenvalue weighted by Gasteiger charge is -2.40. The minimum atomic E-state index is 0.515. The van der Waals surface area contributed by atoms with Gasteiger partial charge < -0.3 is 15.5 Å². The molecule has 9 heteroatoms. The third kappa shape index (κ3) is 4.64. The summed E-state index contributed by atoms with van der Waals surface area (Å²) in [5, 5.41) is 7.26. The first-order valence-electron chi connectivity index (χ1n) is 11.2. The van der Waals surface area contributed by atoms with E-state index in [0.29, 0.717) is 23.4 Å². The number of benzene rings is 1. The van der Waals surface area contributed by atoms with Crippen LogP contribution in [-0.2, 0) is 6.42 Å². The molecule has 0 aliphatic carbocycles. The zero-order valence-electron chi connectivity index (χ0n) is 18.7. The van der Waals surface area contributed by atoms with Crippen LogP contribution >= 0.6 is 23.8 Å². The normalized spacial score (nSPS) is 18.2. The average molecular weight is 480 g/mol. The molecule has 0 unspecified atom stereocenters. The zero-order chi connectivity index (χ0) is 22.9. The molecule has 0 bridgehead atoms. The number of halogens is 1. The van der Waals surface area contributed by atoms with Crippen LogP contribution in [-0.4, -0.2) is 57.1 Å². The van der Waals surface area contributed by atoms with Crippen LogP contribution in [0.3, 0.4) is 0 Å². The number of rotatable bonds is 4. The van der Waals surface area contributed by atoms with Gasteiger partial charge in [0.15, 0.2) is 0 Å². The van der Waals surface area contributed by atoms with Crippen molar-refractivity contribution in [1.82, 2.24) is 19.9 Å². The van der Waals surface area contributed by atoms with Crippen molar-refractivity contribution in [3.63, 3.8) is 0 Å². The quantitative estimate of drug-likeness (QED) is 0.519. The van der Waals surface area contributed by atoms with Crippen molar-refractivity contribution in [3.8, 4) is 11.3 Å². The predicted octanol–water partition coefficient (Wildman–Crippen LogP) is 4.76. The van der Waals surface area contributed by atoms with Crippen LogP contribution in [0.15, 0.2) is 42.9 Å². The molecular weight excluding hydrogens is 454 g/mol. The molecule has 0 radical (unpaired) electrons. The van der Waals surface area contributed by atoms with Gasteiger partial charge in [0.05, 0.1) is 34.5 Å². The standard InChI is InChI=1S/C24H26ClN7S/c1-3-31-6-7-32(14-15(31)2)19-10-18(12-26-13-19)28-24-27-11-16-8-22(33)29-21-9-17(25)4-5-20(21)23(16)30-24/h4-5,9-13,15H,3,6-8,14H2,1-2H3,(H,29,33)(H,27,28,30)/t15-/m1/s1. The molecule has 2 aliphatic heterocycles. The molecule has 5 rings (SSSR count). The molecule has 4 heterocycles. The van der Waals surface area contributed by atoms with Gasteiger partial charge >= 0.3 is 0 Å². The summed E-state index contributed by atoms with van der Waals surface area (Å²) in [5.74, 6) is 0.519. The van der Waals surface area contributed by atoms with Crippen molar-refractivity contribution < 1.29 is 0 Å². The van der Waals surface area contributed by atoms with Crippen molar-refractivity contribution >= 4 is 51.8 Å². The number of pyridine rings is 1. The van der Waals surface area contributed by atoms with Gasteiger partial charge in [-0.3, -0.25) is 9.88 Å². The van der Waals surface area contributed by atoms with E-state index >= 15 is 0 Å². The molecule has 0 amide bonds. The number of nitrogens with zero attached hydrogens (tertiary/aromatic N) is 5. The van der Waals surface area contributed by atoms with Gasteiger partial charge in [0.2, 0.25) is 5.95 Å². The van der Waals surface area contributed by atoms with Crippen LogP contribution in [0.4, 0.5) is 23.0 Å². The molecule has 1 aromatic carbocycles. The van der Waals surface area contributed by atoms with E-state index < -0.39 is 0 Å². The Bertz CT molecular complexity index is 1200. The summed E-state index contributed by atoms with van der Waals surface area (Å²) in [6.45, 7) is 8.61. The first-order valence-corrected chi connectivity index (χ1v) is 12.0. The van der Waals surface area contributed by atoms with Gasteiger partial charge in [0.1, 0.15) is 0 Å². The maximum absolute atomic E-state index is 6.21. The largest absolute Gasteiger partial charge is 0.367 e. The summed E-state index contributed by atoms with van der Waals surface area (Å²) in [7, 11) is 0. The third-order valence-electron chi connectivity index (χ3n) is 6.24. The van der Waals surface area contributed by atoms with E-state index in [1.807, 2.05) is 30.6 Å². The lowest BCUT2D eigenvalue weighted by atomic mass is 10.1. The van der Waals surface area contributed by atoms with E-state index in [-0.39, 0.29) is 0 Å². The molecule has 170 valence electrons. The topological polar surface area (TPSA) is 69.2 Å². The Labute approximate surface area is 204 Å². The molecule has 2 aliphatic rings. The van der Waals surface area contributed by atoms with E-state index in [0.717, 1.165) is 65.1 Å². The third-order valence-corrected chi connectivity index (χ3v) is 6.72. The maximum atomic E-state index is 6.21. The van der Waals surface area contributed by atoms with Gasteiger partial charge in [-0.25, -0.2) is 9.97 Å². The second-order valence-corrected chi connectivity index (χ2v) is 9.39. The Morgan fingerprint density at radius 1 is 1.21 bits per heavy atom.